The summed E-state index contributed by atoms with van der Waals surface area (Å²) >= 11 is 5.83. The molecule has 0 N–H and O–H groups in total. The number of hydrogen-bond acceptors (Lipinski definition) is 2. The monoisotopic (exact) mass is 260 g/mol. The molecule has 2 aromatic rings. The van der Waals surface area contributed by atoms with Crippen molar-refractivity contribution in [2.45, 2.75) is 13.8 Å². The summed E-state index contributed by atoms with van der Waals surface area (Å²) in [7, 11) is 0. The number of rotatable bonds is 3. The van der Waals surface area contributed by atoms with Gasteiger partial charge in [-0.15, -0.1) is 0 Å². The van der Waals surface area contributed by atoms with Crippen LogP contribution in [0.3, 0.4) is 0 Å². The summed E-state index contributed by atoms with van der Waals surface area (Å²) < 4.78 is 5.66. The van der Waals surface area contributed by atoms with E-state index in [0.717, 1.165) is 11.3 Å². The van der Waals surface area contributed by atoms with E-state index >= 15 is 0 Å². The highest BCUT2D eigenvalue weighted by molar-refractivity contribution is 6.30. The van der Waals surface area contributed by atoms with Gasteiger partial charge in [-0.05, 0) is 61.9 Å². The van der Waals surface area contributed by atoms with E-state index in [2.05, 4.69) is 0 Å². The Morgan fingerprint density at radius 2 is 1.78 bits per heavy atom. The van der Waals surface area contributed by atoms with Gasteiger partial charge >= 0.3 is 0 Å². The van der Waals surface area contributed by atoms with E-state index in [-0.39, 0.29) is 5.78 Å². The van der Waals surface area contributed by atoms with Gasteiger partial charge in [-0.3, -0.25) is 4.79 Å². The van der Waals surface area contributed by atoms with Crippen LogP contribution in [0.15, 0.2) is 46.4 Å². The molecule has 0 saturated carbocycles. The second-order valence-corrected chi connectivity index (χ2v) is 4.53. The molecule has 0 fully saturated rings. The Bertz CT molecular complexity index is 591. The topological polar surface area (TPSA) is 30.2 Å². The Hall–Kier alpha value is -1.80. The number of ketones is 1. The minimum absolute atomic E-state index is 0.0412. The fourth-order valence-corrected chi connectivity index (χ4v) is 1.64. The summed E-state index contributed by atoms with van der Waals surface area (Å²) in [5, 5.41) is 0.692. The molecule has 1 aromatic carbocycles. The van der Waals surface area contributed by atoms with Gasteiger partial charge in [-0.2, -0.15) is 0 Å². The van der Waals surface area contributed by atoms with Gasteiger partial charge in [0.25, 0.3) is 0 Å². The van der Waals surface area contributed by atoms with E-state index in [0.29, 0.717) is 16.4 Å². The molecule has 0 amide bonds. The Morgan fingerprint density at radius 1 is 1.11 bits per heavy atom. The fourth-order valence-electron chi connectivity index (χ4n) is 1.51. The predicted molar refractivity (Wildman–Crippen MR) is 73.5 cm³/mol. The second kappa shape index (κ2) is 5.23. The number of Topliss-reactive ketones (excluding diaryl/α,β-unsaturated/α-hetero) is 1. The van der Waals surface area contributed by atoms with Crippen molar-refractivity contribution in [1.82, 2.24) is 0 Å². The van der Waals surface area contributed by atoms with Crippen LogP contribution in [0.25, 0.3) is 17.4 Å². The molecule has 0 aliphatic carbocycles. The van der Waals surface area contributed by atoms with Crippen molar-refractivity contribution in [3.63, 3.8) is 0 Å². The zero-order valence-corrected chi connectivity index (χ0v) is 11.0. The average molecular weight is 261 g/mol. The van der Waals surface area contributed by atoms with E-state index < -0.39 is 0 Å². The minimum atomic E-state index is 0.0412. The van der Waals surface area contributed by atoms with Crippen LogP contribution < -0.4 is 0 Å². The smallest absolute Gasteiger partial charge is 0.155 e. The number of furan rings is 1. The van der Waals surface area contributed by atoms with Gasteiger partial charge in [-0.1, -0.05) is 11.6 Å². The molecular weight excluding hydrogens is 248 g/mol. The van der Waals surface area contributed by atoms with Crippen LogP contribution in [0.5, 0.6) is 0 Å². The van der Waals surface area contributed by atoms with Crippen LogP contribution in [0.4, 0.5) is 0 Å². The number of allylic oxidation sites excluding steroid dienone is 1. The van der Waals surface area contributed by atoms with Gasteiger partial charge < -0.3 is 4.42 Å². The number of halogens is 1. The van der Waals surface area contributed by atoms with Crippen LogP contribution >= 0.6 is 11.6 Å². The number of carbonyl (C=O) groups is 1. The SMILES string of the molecule is CC(=O)/C(C)=C/c1ccc(-c2ccc(Cl)cc2)o1. The molecule has 0 aliphatic rings. The van der Waals surface area contributed by atoms with E-state index in [4.69, 9.17) is 16.0 Å². The molecule has 0 atom stereocenters. The second-order valence-electron chi connectivity index (χ2n) is 4.09. The lowest BCUT2D eigenvalue weighted by Gasteiger charge is -1.97. The third kappa shape index (κ3) is 2.90. The molecule has 3 heteroatoms. The number of carbonyl (C=O) groups excluding carboxylic acids is 1. The van der Waals surface area contributed by atoms with E-state index in [1.54, 1.807) is 13.0 Å². The van der Waals surface area contributed by atoms with E-state index in [1.807, 2.05) is 36.4 Å². The summed E-state index contributed by atoms with van der Waals surface area (Å²) in [4.78, 5) is 11.1. The molecule has 0 saturated heterocycles. The Kier molecular flexibility index (Phi) is 3.68. The lowest BCUT2D eigenvalue weighted by atomic mass is 10.2. The molecule has 0 spiro atoms. The van der Waals surface area contributed by atoms with E-state index in [1.165, 1.54) is 6.92 Å². The van der Waals surface area contributed by atoms with Gasteiger partial charge in [-0.25, -0.2) is 0 Å². The summed E-state index contributed by atoms with van der Waals surface area (Å²) in [5.41, 5.74) is 1.63. The van der Waals surface area contributed by atoms with Gasteiger partial charge in [0.05, 0.1) is 0 Å². The molecule has 1 heterocycles. The molecule has 1 aromatic heterocycles. The molecule has 0 radical (unpaired) electrons. The van der Waals surface area contributed by atoms with Crippen LogP contribution in [0.1, 0.15) is 19.6 Å². The highest BCUT2D eigenvalue weighted by Crippen LogP contribution is 2.24. The third-order valence-corrected chi connectivity index (χ3v) is 2.92. The largest absolute Gasteiger partial charge is 0.457 e. The number of benzene rings is 1. The first-order valence-electron chi connectivity index (χ1n) is 5.61. The van der Waals surface area contributed by atoms with Crippen molar-refractivity contribution in [2.75, 3.05) is 0 Å². The van der Waals surface area contributed by atoms with Crippen molar-refractivity contribution >= 4 is 23.5 Å². The Morgan fingerprint density at radius 3 is 2.39 bits per heavy atom. The van der Waals surface area contributed by atoms with Crippen molar-refractivity contribution in [3.8, 4) is 11.3 Å². The van der Waals surface area contributed by atoms with Crippen LogP contribution in [0, 0.1) is 0 Å². The average Bonchev–Trinajstić information content (AvgIpc) is 2.78. The molecule has 0 unspecified atom stereocenters. The van der Waals surface area contributed by atoms with Crippen molar-refractivity contribution in [2.24, 2.45) is 0 Å². The van der Waals surface area contributed by atoms with Crippen molar-refractivity contribution in [1.29, 1.82) is 0 Å². The Labute approximate surface area is 111 Å². The van der Waals surface area contributed by atoms with Gasteiger partial charge in [0.2, 0.25) is 0 Å². The predicted octanol–water partition coefficient (Wildman–Crippen LogP) is 4.59. The van der Waals surface area contributed by atoms with Crippen LogP contribution in [-0.4, -0.2) is 5.78 Å². The van der Waals surface area contributed by atoms with E-state index in [9.17, 15) is 4.79 Å². The lowest BCUT2D eigenvalue weighted by Crippen LogP contribution is -1.89. The Balaban J connectivity index is 2.28. The van der Waals surface area contributed by atoms with Crippen LogP contribution in [0.2, 0.25) is 5.02 Å². The quantitative estimate of drug-likeness (QED) is 0.756. The molecule has 2 rings (SSSR count). The fraction of sp³-hybridized carbons (Fsp3) is 0.133. The lowest BCUT2D eigenvalue weighted by molar-refractivity contribution is -0.113. The normalized spacial score (nSPS) is 11.6. The highest BCUT2D eigenvalue weighted by atomic mass is 35.5. The standard InChI is InChI=1S/C15H13ClO2/c1-10(11(2)17)9-14-7-8-15(18-14)12-3-5-13(16)6-4-12/h3-9H,1-2H3/b10-9+. The molecule has 92 valence electrons. The van der Waals surface area contributed by atoms with Gasteiger partial charge in [0, 0.05) is 10.6 Å². The van der Waals surface area contributed by atoms with Crippen molar-refractivity contribution < 1.29 is 9.21 Å². The zero-order valence-electron chi connectivity index (χ0n) is 10.2. The maximum Gasteiger partial charge on any atom is 0.155 e. The molecular formula is C15H13ClO2. The van der Waals surface area contributed by atoms with Crippen molar-refractivity contribution in [3.05, 3.63) is 52.8 Å². The summed E-state index contributed by atoms with van der Waals surface area (Å²) in [6.45, 7) is 3.31. The van der Waals surface area contributed by atoms with Crippen LogP contribution in [-0.2, 0) is 4.79 Å². The highest BCUT2D eigenvalue weighted by Gasteiger charge is 2.04. The summed E-state index contributed by atoms with van der Waals surface area (Å²) in [6.07, 6.45) is 1.74. The summed E-state index contributed by atoms with van der Waals surface area (Å²) in [5.74, 6) is 1.47. The molecule has 18 heavy (non-hydrogen) atoms. The molecule has 0 bridgehead atoms. The minimum Gasteiger partial charge on any atom is -0.457 e. The van der Waals surface area contributed by atoms with Gasteiger partial charge in [0.1, 0.15) is 11.5 Å². The maximum absolute atomic E-state index is 11.1. The first-order valence-corrected chi connectivity index (χ1v) is 5.99. The third-order valence-electron chi connectivity index (χ3n) is 2.67. The van der Waals surface area contributed by atoms with Gasteiger partial charge in [0.15, 0.2) is 5.78 Å². The zero-order chi connectivity index (χ0) is 13.1. The number of hydrogen-bond donors (Lipinski definition) is 0. The molecule has 2 nitrogen and oxygen atoms in total. The first-order chi connectivity index (χ1) is 8.56. The first kappa shape index (κ1) is 12.7. The summed E-state index contributed by atoms with van der Waals surface area (Å²) in [6, 6.07) is 11.1. The molecule has 0 aliphatic heterocycles. The maximum atomic E-state index is 11.1.